The molecule has 0 aliphatic heterocycles. The zero-order valence-electron chi connectivity index (χ0n) is 19.9. The summed E-state index contributed by atoms with van der Waals surface area (Å²) < 4.78 is 5.26. The first-order valence-corrected chi connectivity index (χ1v) is 13.1. The lowest BCUT2D eigenvalue weighted by Crippen LogP contribution is -2.39. The number of anilines is 1. The summed E-state index contributed by atoms with van der Waals surface area (Å²) in [5.41, 5.74) is 1.84. The molecule has 1 saturated carbocycles. The van der Waals surface area contributed by atoms with Gasteiger partial charge in [0.2, 0.25) is 5.91 Å². The lowest BCUT2D eigenvalue weighted by molar-refractivity contribution is -0.123. The van der Waals surface area contributed by atoms with E-state index in [0.29, 0.717) is 35.6 Å². The van der Waals surface area contributed by atoms with Gasteiger partial charge >= 0.3 is 5.97 Å². The van der Waals surface area contributed by atoms with Crippen molar-refractivity contribution >= 4 is 34.5 Å². The number of rotatable bonds is 10. The maximum absolute atomic E-state index is 13.7. The number of carboxylic acid groups (broad SMARTS) is 1. The minimum Gasteiger partial charge on any atom is -0.477 e. The van der Waals surface area contributed by atoms with Crippen LogP contribution in [0.1, 0.15) is 92.6 Å². The molecule has 178 valence electrons. The molecule has 2 aliphatic rings. The lowest BCUT2D eigenvalue weighted by atomic mass is 9.82. The van der Waals surface area contributed by atoms with Gasteiger partial charge in [-0.2, -0.15) is 0 Å². The highest BCUT2D eigenvalue weighted by atomic mass is 32.1. The SMILES string of the molecule is COCC(C)CCCN(C(=O)C1CCC(C)CC1)c1cc(C2=CCCCC2)sc1C(=O)O. The standard InChI is InChI=1S/C26H39NO4S/c1-18-11-13-21(14-12-18)25(28)27(15-7-8-19(2)17-31-3)22-16-23(32-24(22)26(29)30)20-9-5-4-6-10-20/h9,16,18-19,21H,4-8,10-15,17H2,1-3H3,(H,29,30). The molecule has 32 heavy (non-hydrogen) atoms. The largest absolute Gasteiger partial charge is 0.477 e. The number of amides is 1. The molecule has 1 aromatic heterocycles. The third-order valence-electron chi connectivity index (χ3n) is 6.97. The fraction of sp³-hybridized carbons (Fsp3) is 0.692. The molecule has 0 bridgehead atoms. The van der Waals surface area contributed by atoms with Crippen LogP contribution in [0.5, 0.6) is 0 Å². The van der Waals surface area contributed by atoms with Crippen LogP contribution >= 0.6 is 11.3 Å². The monoisotopic (exact) mass is 461 g/mol. The molecule has 0 aromatic carbocycles. The van der Waals surface area contributed by atoms with Gasteiger partial charge in [0.15, 0.2) is 0 Å². The van der Waals surface area contributed by atoms with Crippen molar-refractivity contribution in [3.05, 3.63) is 21.9 Å². The van der Waals surface area contributed by atoms with Crippen LogP contribution in [0.3, 0.4) is 0 Å². The van der Waals surface area contributed by atoms with Crippen LogP contribution in [-0.4, -0.2) is 37.2 Å². The average molecular weight is 462 g/mol. The number of thiophene rings is 1. The minimum atomic E-state index is -0.935. The summed E-state index contributed by atoms with van der Waals surface area (Å²) in [7, 11) is 1.71. The van der Waals surface area contributed by atoms with Crippen molar-refractivity contribution in [2.24, 2.45) is 17.8 Å². The molecular formula is C26H39NO4S. The molecule has 0 radical (unpaired) electrons. The van der Waals surface area contributed by atoms with E-state index in [-0.39, 0.29) is 11.8 Å². The maximum atomic E-state index is 13.7. The third-order valence-corrected chi connectivity index (χ3v) is 8.15. The first-order chi connectivity index (χ1) is 15.4. The number of carbonyl (C=O) groups is 2. The molecule has 1 atom stereocenters. The van der Waals surface area contributed by atoms with E-state index in [2.05, 4.69) is 19.9 Å². The van der Waals surface area contributed by atoms with E-state index >= 15 is 0 Å². The van der Waals surface area contributed by atoms with Gasteiger partial charge in [0.25, 0.3) is 0 Å². The third kappa shape index (κ3) is 6.44. The van der Waals surface area contributed by atoms with Gasteiger partial charge in [0.05, 0.1) is 5.69 Å². The van der Waals surface area contributed by atoms with Crippen molar-refractivity contribution in [1.29, 1.82) is 0 Å². The van der Waals surface area contributed by atoms with Crippen LogP contribution < -0.4 is 4.90 Å². The quantitative estimate of drug-likeness (QED) is 0.425. The highest BCUT2D eigenvalue weighted by Gasteiger charge is 2.32. The molecule has 6 heteroatoms. The van der Waals surface area contributed by atoms with E-state index in [4.69, 9.17) is 4.74 Å². The van der Waals surface area contributed by atoms with Crippen LogP contribution in [0.4, 0.5) is 5.69 Å². The average Bonchev–Trinajstić information content (AvgIpc) is 3.23. The van der Waals surface area contributed by atoms with Gasteiger partial charge in [-0.1, -0.05) is 19.9 Å². The molecule has 2 aliphatic carbocycles. The van der Waals surface area contributed by atoms with Gasteiger partial charge < -0.3 is 14.7 Å². The second-order valence-corrected chi connectivity index (χ2v) is 10.8. The Hall–Kier alpha value is -1.66. The van der Waals surface area contributed by atoms with Crippen LogP contribution in [0.25, 0.3) is 5.57 Å². The number of methoxy groups -OCH3 is 1. The predicted octanol–water partition coefficient (Wildman–Crippen LogP) is 6.63. The number of carbonyl (C=O) groups excluding carboxylic acids is 1. The van der Waals surface area contributed by atoms with Gasteiger partial charge in [-0.3, -0.25) is 4.79 Å². The molecule has 1 amide bonds. The minimum absolute atomic E-state index is 0.00138. The molecule has 1 heterocycles. The summed E-state index contributed by atoms with van der Waals surface area (Å²) in [6, 6.07) is 1.98. The number of hydrogen-bond donors (Lipinski definition) is 1. The van der Waals surface area contributed by atoms with Gasteiger partial charge in [-0.05, 0) is 87.7 Å². The zero-order chi connectivity index (χ0) is 23.1. The van der Waals surface area contributed by atoms with Crippen LogP contribution in [0, 0.1) is 17.8 Å². The molecular weight excluding hydrogens is 422 g/mol. The predicted molar refractivity (Wildman–Crippen MR) is 131 cm³/mol. The van der Waals surface area contributed by atoms with Crippen LogP contribution in [0.15, 0.2) is 12.1 Å². The van der Waals surface area contributed by atoms with Crippen molar-refractivity contribution < 1.29 is 19.4 Å². The molecule has 1 aromatic rings. The van der Waals surface area contributed by atoms with E-state index in [9.17, 15) is 14.7 Å². The fourth-order valence-corrected chi connectivity index (χ4v) is 6.07. The number of carboxylic acids is 1. The Balaban J connectivity index is 1.87. The molecule has 0 spiro atoms. The summed E-state index contributed by atoms with van der Waals surface area (Å²) in [4.78, 5) is 29.0. The van der Waals surface area contributed by atoms with E-state index < -0.39 is 5.97 Å². The number of aromatic carboxylic acids is 1. The van der Waals surface area contributed by atoms with Crippen molar-refractivity contribution in [3.63, 3.8) is 0 Å². The fourth-order valence-electron chi connectivity index (χ4n) is 5.00. The Morgan fingerprint density at radius 2 is 2.00 bits per heavy atom. The first kappa shape index (κ1) is 25.0. The molecule has 3 rings (SSSR count). The molecule has 1 N–H and O–H groups in total. The first-order valence-electron chi connectivity index (χ1n) is 12.3. The van der Waals surface area contributed by atoms with E-state index in [1.54, 1.807) is 7.11 Å². The normalized spacial score (nSPS) is 22.3. The maximum Gasteiger partial charge on any atom is 0.348 e. The van der Waals surface area contributed by atoms with E-state index in [0.717, 1.165) is 62.7 Å². The van der Waals surface area contributed by atoms with Crippen molar-refractivity contribution in [2.75, 3.05) is 25.2 Å². The highest BCUT2D eigenvalue weighted by Crippen LogP contribution is 2.39. The highest BCUT2D eigenvalue weighted by molar-refractivity contribution is 7.15. The van der Waals surface area contributed by atoms with Crippen molar-refractivity contribution in [1.82, 2.24) is 0 Å². The number of hydrogen-bond acceptors (Lipinski definition) is 4. The Bertz CT molecular complexity index is 807. The smallest absolute Gasteiger partial charge is 0.348 e. The van der Waals surface area contributed by atoms with Crippen LogP contribution in [0.2, 0.25) is 0 Å². The summed E-state index contributed by atoms with van der Waals surface area (Å²) in [5, 5.41) is 9.97. The number of allylic oxidation sites excluding steroid dienone is 2. The van der Waals surface area contributed by atoms with Gasteiger partial charge in [-0.15, -0.1) is 11.3 Å². The summed E-state index contributed by atoms with van der Waals surface area (Å²) >= 11 is 1.33. The number of ether oxygens (including phenoxy) is 1. The van der Waals surface area contributed by atoms with Crippen molar-refractivity contribution in [3.8, 4) is 0 Å². The van der Waals surface area contributed by atoms with Gasteiger partial charge in [0.1, 0.15) is 4.88 Å². The Morgan fingerprint density at radius 1 is 1.25 bits per heavy atom. The summed E-state index contributed by atoms with van der Waals surface area (Å²) in [6.07, 6.45) is 12.3. The van der Waals surface area contributed by atoms with Crippen LogP contribution in [-0.2, 0) is 9.53 Å². The second kappa shape index (κ2) is 12.0. The molecule has 0 saturated heterocycles. The molecule has 5 nitrogen and oxygen atoms in total. The second-order valence-electron chi connectivity index (χ2n) is 9.75. The Kier molecular flexibility index (Phi) is 9.35. The summed E-state index contributed by atoms with van der Waals surface area (Å²) in [6.45, 7) is 5.67. The Labute approximate surface area is 196 Å². The molecule has 1 unspecified atom stereocenters. The summed E-state index contributed by atoms with van der Waals surface area (Å²) in [5.74, 6) is 0.262. The van der Waals surface area contributed by atoms with E-state index in [1.165, 1.54) is 23.3 Å². The molecule has 1 fully saturated rings. The zero-order valence-corrected chi connectivity index (χ0v) is 20.7. The van der Waals surface area contributed by atoms with Gasteiger partial charge in [0, 0.05) is 31.1 Å². The number of nitrogens with zero attached hydrogens (tertiary/aromatic N) is 1. The Morgan fingerprint density at radius 3 is 2.62 bits per heavy atom. The van der Waals surface area contributed by atoms with Gasteiger partial charge in [-0.25, -0.2) is 4.79 Å². The van der Waals surface area contributed by atoms with Crippen molar-refractivity contribution in [2.45, 2.75) is 78.1 Å². The topological polar surface area (TPSA) is 66.8 Å². The lowest BCUT2D eigenvalue weighted by Gasteiger charge is -2.31. The van der Waals surface area contributed by atoms with E-state index in [1.807, 2.05) is 11.0 Å².